The Morgan fingerprint density at radius 1 is 1.05 bits per heavy atom. The predicted molar refractivity (Wildman–Crippen MR) is 78.7 cm³/mol. The first-order valence-corrected chi connectivity index (χ1v) is 6.57. The van der Waals surface area contributed by atoms with E-state index >= 15 is 0 Å². The van der Waals surface area contributed by atoms with Gasteiger partial charge < -0.3 is 4.90 Å². The van der Waals surface area contributed by atoms with Gasteiger partial charge in [0.2, 0.25) is 0 Å². The molecule has 98 valence electrons. The van der Waals surface area contributed by atoms with Crippen LogP contribution < -0.4 is 0 Å². The lowest BCUT2D eigenvalue weighted by Crippen LogP contribution is -2.26. The lowest BCUT2D eigenvalue weighted by Gasteiger charge is -2.17. The molecule has 0 aliphatic heterocycles. The number of carbonyl (C=O) groups is 1. The Morgan fingerprint density at radius 3 is 2.32 bits per heavy atom. The molecule has 0 aliphatic rings. The lowest BCUT2D eigenvalue weighted by molar-refractivity contribution is 0.0785. The van der Waals surface area contributed by atoms with Gasteiger partial charge in [0.25, 0.3) is 5.91 Å². The van der Waals surface area contributed by atoms with Crippen molar-refractivity contribution in [3.63, 3.8) is 0 Å². The van der Waals surface area contributed by atoms with Crippen LogP contribution in [0.4, 0.5) is 0 Å². The summed E-state index contributed by atoms with van der Waals surface area (Å²) in [5.41, 5.74) is 1.57. The van der Waals surface area contributed by atoms with E-state index in [2.05, 4.69) is 0 Å². The number of rotatable bonds is 3. The zero-order valence-corrected chi connectivity index (χ0v) is 11.9. The van der Waals surface area contributed by atoms with Crippen LogP contribution in [0, 0.1) is 0 Å². The van der Waals surface area contributed by atoms with Gasteiger partial charge in [-0.2, -0.15) is 0 Å². The molecule has 2 rings (SSSR count). The Morgan fingerprint density at radius 2 is 1.68 bits per heavy atom. The van der Waals surface area contributed by atoms with E-state index in [-0.39, 0.29) is 5.91 Å². The normalized spacial score (nSPS) is 10.3. The van der Waals surface area contributed by atoms with Crippen LogP contribution in [-0.4, -0.2) is 17.9 Å². The molecule has 0 unspecified atom stereocenters. The quantitative estimate of drug-likeness (QED) is 0.828. The topological polar surface area (TPSA) is 20.3 Å². The number of hydrogen-bond acceptors (Lipinski definition) is 1. The monoisotopic (exact) mass is 293 g/mol. The molecule has 2 nitrogen and oxygen atoms in total. The highest BCUT2D eigenvalue weighted by molar-refractivity contribution is 6.31. The fourth-order valence-corrected chi connectivity index (χ4v) is 2.23. The second-order valence-corrected chi connectivity index (χ2v) is 5.17. The molecule has 0 fully saturated rings. The van der Waals surface area contributed by atoms with Crippen molar-refractivity contribution in [2.75, 3.05) is 7.05 Å². The van der Waals surface area contributed by atoms with Crippen LogP contribution in [-0.2, 0) is 6.54 Å². The van der Waals surface area contributed by atoms with E-state index in [1.54, 1.807) is 36.2 Å². The van der Waals surface area contributed by atoms with Crippen LogP contribution in [0.2, 0.25) is 10.0 Å². The molecule has 2 aromatic rings. The number of carbonyl (C=O) groups excluding carboxylic acids is 1. The minimum atomic E-state index is -0.0672. The van der Waals surface area contributed by atoms with Crippen LogP contribution in [0.5, 0.6) is 0 Å². The lowest BCUT2D eigenvalue weighted by atomic mass is 10.1. The molecular formula is C15H13Cl2NO. The van der Waals surface area contributed by atoms with Crippen molar-refractivity contribution in [2.45, 2.75) is 6.54 Å². The van der Waals surface area contributed by atoms with Gasteiger partial charge in [-0.05, 0) is 35.9 Å². The van der Waals surface area contributed by atoms with Crippen LogP contribution in [0.25, 0.3) is 0 Å². The van der Waals surface area contributed by atoms with Gasteiger partial charge in [-0.3, -0.25) is 4.79 Å². The maximum absolute atomic E-state index is 12.2. The van der Waals surface area contributed by atoms with E-state index in [4.69, 9.17) is 23.2 Å². The Kier molecular flexibility index (Phi) is 4.46. The molecule has 0 saturated heterocycles. The average Bonchev–Trinajstić information content (AvgIpc) is 2.38. The van der Waals surface area contributed by atoms with E-state index < -0.39 is 0 Å². The van der Waals surface area contributed by atoms with Gasteiger partial charge in [0, 0.05) is 29.2 Å². The van der Waals surface area contributed by atoms with Gasteiger partial charge in [0.15, 0.2) is 0 Å². The third-order valence-corrected chi connectivity index (χ3v) is 3.20. The van der Waals surface area contributed by atoms with Gasteiger partial charge in [0.1, 0.15) is 0 Å². The number of benzene rings is 2. The molecular weight excluding hydrogens is 281 g/mol. The van der Waals surface area contributed by atoms with Crippen molar-refractivity contribution in [3.05, 3.63) is 69.7 Å². The van der Waals surface area contributed by atoms with Crippen molar-refractivity contribution < 1.29 is 4.79 Å². The third kappa shape index (κ3) is 3.72. The molecule has 0 radical (unpaired) electrons. The van der Waals surface area contributed by atoms with Crippen molar-refractivity contribution in [1.29, 1.82) is 0 Å². The third-order valence-electron chi connectivity index (χ3n) is 2.73. The van der Waals surface area contributed by atoms with Gasteiger partial charge >= 0.3 is 0 Å². The Balaban J connectivity index is 2.12. The molecule has 0 heterocycles. The van der Waals surface area contributed by atoms with Crippen molar-refractivity contribution in [2.24, 2.45) is 0 Å². The summed E-state index contributed by atoms with van der Waals surface area (Å²) in [6.45, 7) is 0.506. The first-order valence-electron chi connectivity index (χ1n) is 5.82. The summed E-state index contributed by atoms with van der Waals surface area (Å²) in [5.74, 6) is -0.0672. The van der Waals surface area contributed by atoms with Crippen LogP contribution in [0.3, 0.4) is 0 Å². The zero-order chi connectivity index (χ0) is 13.8. The molecule has 2 aromatic carbocycles. The summed E-state index contributed by atoms with van der Waals surface area (Å²) in [6, 6.07) is 14.4. The summed E-state index contributed by atoms with van der Waals surface area (Å²) < 4.78 is 0. The summed E-state index contributed by atoms with van der Waals surface area (Å²) >= 11 is 11.8. The maximum Gasteiger partial charge on any atom is 0.253 e. The van der Waals surface area contributed by atoms with Gasteiger partial charge in [0.05, 0.1) is 0 Å². The van der Waals surface area contributed by atoms with Crippen molar-refractivity contribution in [1.82, 2.24) is 4.90 Å². The molecule has 0 aromatic heterocycles. The fourth-order valence-electron chi connectivity index (χ4n) is 1.82. The van der Waals surface area contributed by atoms with Crippen LogP contribution in [0.1, 0.15) is 15.9 Å². The zero-order valence-electron chi connectivity index (χ0n) is 10.4. The fraction of sp³-hybridized carbons (Fsp3) is 0.133. The molecule has 0 atom stereocenters. The highest BCUT2D eigenvalue weighted by Gasteiger charge is 2.12. The van der Waals surface area contributed by atoms with E-state index in [0.717, 1.165) is 5.56 Å². The largest absolute Gasteiger partial charge is 0.337 e. The summed E-state index contributed by atoms with van der Waals surface area (Å²) in [4.78, 5) is 13.9. The van der Waals surface area contributed by atoms with Gasteiger partial charge in [-0.25, -0.2) is 0 Å². The number of amides is 1. The number of nitrogens with zero attached hydrogens (tertiary/aromatic N) is 1. The highest BCUT2D eigenvalue weighted by atomic mass is 35.5. The maximum atomic E-state index is 12.2. The highest BCUT2D eigenvalue weighted by Crippen LogP contribution is 2.15. The number of halogens is 2. The minimum absolute atomic E-state index is 0.0672. The standard InChI is InChI=1S/C15H13Cl2NO/c1-18(10-11-4-2-6-13(16)8-11)15(19)12-5-3-7-14(17)9-12/h2-9H,10H2,1H3. The van der Waals surface area contributed by atoms with Gasteiger partial charge in [-0.1, -0.05) is 41.4 Å². The predicted octanol–water partition coefficient (Wildman–Crippen LogP) is 4.27. The molecule has 0 bridgehead atoms. The second-order valence-electron chi connectivity index (χ2n) is 4.30. The first-order chi connectivity index (χ1) is 9.06. The van der Waals surface area contributed by atoms with E-state index in [9.17, 15) is 4.79 Å². The Bertz CT molecular complexity index is 598. The SMILES string of the molecule is CN(Cc1cccc(Cl)c1)C(=O)c1cccc(Cl)c1. The van der Waals surface area contributed by atoms with Crippen molar-refractivity contribution >= 4 is 29.1 Å². The molecule has 1 amide bonds. The minimum Gasteiger partial charge on any atom is -0.337 e. The second kappa shape index (κ2) is 6.09. The summed E-state index contributed by atoms with van der Waals surface area (Å²) in [7, 11) is 1.75. The average molecular weight is 294 g/mol. The van der Waals surface area contributed by atoms with Gasteiger partial charge in [-0.15, -0.1) is 0 Å². The number of hydrogen-bond donors (Lipinski definition) is 0. The van der Waals surface area contributed by atoms with E-state index in [0.29, 0.717) is 22.2 Å². The summed E-state index contributed by atoms with van der Waals surface area (Å²) in [5, 5.41) is 1.23. The smallest absolute Gasteiger partial charge is 0.253 e. The van der Waals surface area contributed by atoms with Crippen LogP contribution in [0.15, 0.2) is 48.5 Å². The first kappa shape index (κ1) is 13.9. The molecule has 0 spiro atoms. The molecule has 19 heavy (non-hydrogen) atoms. The van der Waals surface area contributed by atoms with E-state index in [1.165, 1.54) is 0 Å². The molecule has 0 aliphatic carbocycles. The van der Waals surface area contributed by atoms with E-state index in [1.807, 2.05) is 24.3 Å². The Labute approximate surface area is 122 Å². The molecule has 0 saturated carbocycles. The van der Waals surface area contributed by atoms with Crippen molar-refractivity contribution in [3.8, 4) is 0 Å². The molecule has 4 heteroatoms. The molecule has 0 N–H and O–H groups in total. The van der Waals surface area contributed by atoms with Crippen LogP contribution >= 0.6 is 23.2 Å². The Hall–Kier alpha value is -1.51. The summed E-state index contributed by atoms with van der Waals surface area (Å²) in [6.07, 6.45) is 0.